The Morgan fingerprint density at radius 3 is 2.31 bits per heavy atom. The molecule has 1 atom stereocenters. The Labute approximate surface area is 98.6 Å². The van der Waals surface area contributed by atoms with Gasteiger partial charge in [-0.25, -0.2) is 0 Å². The van der Waals surface area contributed by atoms with Gasteiger partial charge in [0.05, 0.1) is 5.69 Å². The molecule has 0 saturated heterocycles. The van der Waals surface area contributed by atoms with Crippen molar-refractivity contribution in [3.63, 3.8) is 0 Å². The van der Waals surface area contributed by atoms with Crippen LogP contribution in [0.15, 0.2) is 4.52 Å². The summed E-state index contributed by atoms with van der Waals surface area (Å²) in [4.78, 5) is 0. The fourth-order valence-corrected chi connectivity index (χ4v) is 2.22. The maximum absolute atomic E-state index is 5.20. The molecule has 1 heterocycles. The molecule has 0 bridgehead atoms. The van der Waals surface area contributed by atoms with Crippen LogP contribution in [-0.2, 0) is 0 Å². The third-order valence-electron chi connectivity index (χ3n) is 3.28. The molecule has 1 aromatic rings. The van der Waals surface area contributed by atoms with Crippen molar-refractivity contribution < 1.29 is 4.52 Å². The van der Waals surface area contributed by atoms with Gasteiger partial charge in [-0.15, -0.1) is 0 Å². The molecule has 0 fully saturated rings. The van der Waals surface area contributed by atoms with E-state index in [2.05, 4.69) is 31.2 Å². The number of aryl methyl sites for hydroxylation is 2. The van der Waals surface area contributed by atoms with Gasteiger partial charge in [0, 0.05) is 18.2 Å². The van der Waals surface area contributed by atoms with Crippen LogP contribution < -0.4 is 5.32 Å². The standard InChI is InChI=1S/C13H24N2O/c1-6-12(7-2)14-8-9(3)13-10(4)15-16-11(13)5/h9,12,14H,6-8H2,1-5H3. The Balaban J connectivity index is 2.55. The average Bonchev–Trinajstić information content (AvgIpc) is 2.60. The third-order valence-corrected chi connectivity index (χ3v) is 3.28. The molecule has 0 aliphatic heterocycles. The molecule has 3 nitrogen and oxygen atoms in total. The summed E-state index contributed by atoms with van der Waals surface area (Å²) in [5.41, 5.74) is 2.29. The Morgan fingerprint density at radius 1 is 1.25 bits per heavy atom. The van der Waals surface area contributed by atoms with Crippen LogP contribution in [0.3, 0.4) is 0 Å². The molecule has 0 radical (unpaired) electrons. The molecule has 1 N–H and O–H groups in total. The van der Waals surface area contributed by atoms with Crippen molar-refractivity contribution in [2.75, 3.05) is 6.54 Å². The minimum absolute atomic E-state index is 0.465. The van der Waals surface area contributed by atoms with Crippen LogP contribution in [0.2, 0.25) is 0 Å². The highest BCUT2D eigenvalue weighted by Gasteiger charge is 2.16. The lowest BCUT2D eigenvalue weighted by Crippen LogP contribution is -2.31. The minimum Gasteiger partial charge on any atom is -0.361 e. The molecular formula is C13H24N2O. The molecule has 1 aromatic heterocycles. The minimum atomic E-state index is 0.465. The van der Waals surface area contributed by atoms with Gasteiger partial charge >= 0.3 is 0 Å². The van der Waals surface area contributed by atoms with Gasteiger partial charge in [0.25, 0.3) is 0 Å². The van der Waals surface area contributed by atoms with E-state index in [0.29, 0.717) is 12.0 Å². The van der Waals surface area contributed by atoms with E-state index in [1.807, 2.05) is 13.8 Å². The fourth-order valence-electron chi connectivity index (χ4n) is 2.22. The quantitative estimate of drug-likeness (QED) is 0.806. The lowest BCUT2D eigenvalue weighted by molar-refractivity contribution is 0.390. The summed E-state index contributed by atoms with van der Waals surface area (Å²) >= 11 is 0. The summed E-state index contributed by atoms with van der Waals surface area (Å²) in [5.74, 6) is 1.42. The molecule has 0 aromatic carbocycles. The van der Waals surface area contributed by atoms with Gasteiger partial charge in [-0.05, 0) is 32.6 Å². The monoisotopic (exact) mass is 224 g/mol. The lowest BCUT2D eigenvalue weighted by Gasteiger charge is -2.18. The van der Waals surface area contributed by atoms with E-state index in [4.69, 9.17) is 4.52 Å². The Hall–Kier alpha value is -0.830. The highest BCUT2D eigenvalue weighted by Crippen LogP contribution is 2.22. The van der Waals surface area contributed by atoms with Gasteiger partial charge in [-0.3, -0.25) is 0 Å². The van der Waals surface area contributed by atoms with E-state index in [-0.39, 0.29) is 0 Å². The van der Waals surface area contributed by atoms with Crippen molar-refractivity contribution in [3.8, 4) is 0 Å². The Bertz CT molecular complexity index is 296. The van der Waals surface area contributed by atoms with E-state index in [9.17, 15) is 0 Å². The largest absolute Gasteiger partial charge is 0.361 e. The molecule has 3 heteroatoms. The summed E-state index contributed by atoms with van der Waals surface area (Å²) in [6.45, 7) is 11.7. The molecule has 0 aliphatic rings. The van der Waals surface area contributed by atoms with Crippen LogP contribution in [-0.4, -0.2) is 17.7 Å². The maximum atomic E-state index is 5.20. The van der Waals surface area contributed by atoms with Crippen LogP contribution in [0.5, 0.6) is 0 Å². The van der Waals surface area contributed by atoms with Crippen LogP contribution in [0.1, 0.15) is 56.5 Å². The zero-order valence-corrected chi connectivity index (χ0v) is 11.1. The molecule has 0 spiro atoms. The normalized spacial score (nSPS) is 13.4. The first kappa shape index (κ1) is 13.2. The number of rotatable bonds is 6. The van der Waals surface area contributed by atoms with Gasteiger partial charge in [0.2, 0.25) is 0 Å². The van der Waals surface area contributed by atoms with Crippen molar-refractivity contribution in [2.24, 2.45) is 0 Å². The second-order valence-corrected chi connectivity index (χ2v) is 4.56. The SMILES string of the molecule is CCC(CC)NCC(C)c1c(C)noc1C. The third kappa shape index (κ3) is 3.08. The second kappa shape index (κ2) is 6.04. The summed E-state index contributed by atoms with van der Waals surface area (Å²) in [6.07, 6.45) is 2.37. The second-order valence-electron chi connectivity index (χ2n) is 4.56. The first-order valence-corrected chi connectivity index (χ1v) is 6.26. The Morgan fingerprint density at radius 2 is 1.88 bits per heavy atom. The van der Waals surface area contributed by atoms with Crippen LogP contribution in [0.4, 0.5) is 0 Å². The van der Waals surface area contributed by atoms with Crippen LogP contribution >= 0.6 is 0 Å². The highest BCUT2D eigenvalue weighted by atomic mass is 16.5. The topological polar surface area (TPSA) is 38.1 Å². The Kier molecular flexibility index (Phi) is 5.00. The molecule has 0 aliphatic carbocycles. The molecule has 16 heavy (non-hydrogen) atoms. The fraction of sp³-hybridized carbons (Fsp3) is 0.769. The first-order chi connectivity index (χ1) is 7.60. The molecule has 0 amide bonds. The van der Waals surface area contributed by atoms with E-state index >= 15 is 0 Å². The predicted molar refractivity (Wildman–Crippen MR) is 66.8 cm³/mol. The number of hydrogen-bond donors (Lipinski definition) is 1. The molecule has 1 unspecified atom stereocenters. The molecule has 1 rings (SSSR count). The summed E-state index contributed by atoms with van der Waals surface area (Å²) < 4.78 is 5.20. The van der Waals surface area contributed by atoms with Crippen molar-refractivity contribution in [2.45, 2.75) is 59.4 Å². The zero-order chi connectivity index (χ0) is 12.1. The highest BCUT2D eigenvalue weighted by molar-refractivity contribution is 5.25. The van der Waals surface area contributed by atoms with Crippen molar-refractivity contribution in [1.82, 2.24) is 10.5 Å². The van der Waals surface area contributed by atoms with Crippen LogP contribution in [0, 0.1) is 13.8 Å². The van der Waals surface area contributed by atoms with E-state index in [1.165, 1.54) is 18.4 Å². The summed E-state index contributed by atoms with van der Waals surface area (Å²) in [7, 11) is 0. The van der Waals surface area contributed by atoms with Gasteiger partial charge in [-0.2, -0.15) is 0 Å². The smallest absolute Gasteiger partial charge is 0.137 e. The van der Waals surface area contributed by atoms with Gasteiger partial charge in [0.1, 0.15) is 5.76 Å². The van der Waals surface area contributed by atoms with Crippen LogP contribution in [0.25, 0.3) is 0 Å². The van der Waals surface area contributed by atoms with Crippen molar-refractivity contribution >= 4 is 0 Å². The number of nitrogens with zero attached hydrogens (tertiary/aromatic N) is 1. The maximum Gasteiger partial charge on any atom is 0.137 e. The number of hydrogen-bond acceptors (Lipinski definition) is 3. The van der Waals surface area contributed by atoms with E-state index in [1.54, 1.807) is 0 Å². The van der Waals surface area contributed by atoms with Gasteiger partial charge < -0.3 is 9.84 Å². The summed E-state index contributed by atoms with van der Waals surface area (Å²) in [5, 5.41) is 7.59. The van der Waals surface area contributed by atoms with E-state index in [0.717, 1.165) is 18.0 Å². The van der Waals surface area contributed by atoms with Gasteiger partial charge in [0.15, 0.2) is 0 Å². The first-order valence-electron chi connectivity index (χ1n) is 6.26. The zero-order valence-electron chi connectivity index (χ0n) is 11.1. The predicted octanol–water partition coefficient (Wildman–Crippen LogP) is 3.17. The number of aromatic nitrogens is 1. The lowest BCUT2D eigenvalue weighted by atomic mass is 9.99. The summed E-state index contributed by atoms with van der Waals surface area (Å²) in [6, 6.07) is 0.628. The molecular weight excluding hydrogens is 200 g/mol. The van der Waals surface area contributed by atoms with E-state index < -0.39 is 0 Å². The van der Waals surface area contributed by atoms with Crippen molar-refractivity contribution in [1.29, 1.82) is 0 Å². The molecule has 0 saturated carbocycles. The number of nitrogens with one attached hydrogen (secondary N) is 1. The van der Waals surface area contributed by atoms with Crippen molar-refractivity contribution in [3.05, 3.63) is 17.0 Å². The molecule has 92 valence electrons. The average molecular weight is 224 g/mol. The van der Waals surface area contributed by atoms with Gasteiger partial charge in [-0.1, -0.05) is 25.9 Å².